The molecule has 0 radical (unpaired) electrons. The first-order valence-corrected chi connectivity index (χ1v) is 17.1. The zero-order chi connectivity index (χ0) is 35.9. The molecule has 238 valence electrons. The maximum atomic E-state index is 8.02. The predicted molar refractivity (Wildman–Crippen MR) is 207 cm³/mol. The van der Waals surface area contributed by atoms with Crippen molar-refractivity contribution in [3.63, 3.8) is 0 Å². The molecule has 0 atom stereocenters. The van der Waals surface area contributed by atoms with E-state index in [-0.39, 0.29) is 11.8 Å². The second-order valence-corrected chi connectivity index (χ2v) is 13.8. The van der Waals surface area contributed by atoms with Crippen LogP contribution in [-0.4, -0.2) is 9.55 Å². The summed E-state index contributed by atoms with van der Waals surface area (Å²) in [6, 6.07) is 43.8. The zero-order valence-corrected chi connectivity index (χ0v) is 28.1. The topological polar surface area (TPSA) is 31.0 Å². The van der Waals surface area contributed by atoms with Gasteiger partial charge in [-0.15, -0.1) is 0 Å². The Balaban J connectivity index is 1.33. The number of imidazole rings is 1. The molecule has 3 heteroatoms. The number of para-hydroxylation sites is 3. The van der Waals surface area contributed by atoms with Gasteiger partial charge in [0, 0.05) is 14.9 Å². The Hall–Kier alpha value is -5.67. The highest BCUT2D eigenvalue weighted by atomic mass is 16.3. The van der Waals surface area contributed by atoms with Crippen LogP contribution in [0.4, 0.5) is 0 Å². The van der Waals surface area contributed by atoms with Gasteiger partial charge in [-0.2, -0.15) is 0 Å². The van der Waals surface area contributed by atoms with Crippen molar-refractivity contribution in [1.82, 2.24) is 9.55 Å². The summed E-state index contributed by atoms with van der Waals surface area (Å²) in [6.07, 6.45) is 0. The van der Waals surface area contributed by atoms with Crippen molar-refractivity contribution in [2.45, 2.75) is 46.4 Å². The molecule has 0 aliphatic carbocycles. The summed E-state index contributed by atoms with van der Waals surface area (Å²) in [4.78, 5) is 5.34. The fraction of sp³-hybridized carbons (Fsp3) is 0.152. The summed E-state index contributed by atoms with van der Waals surface area (Å²) in [5.41, 5.74) is 10.9. The zero-order valence-electron chi connectivity index (χ0n) is 31.1. The lowest BCUT2D eigenvalue weighted by Gasteiger charge is -2.24. The van der Waals surface area contributed by atoms with Gasteiger partial charge in [0.15, 0.2) is 0 Å². The molecule has 0 bridgehead atoms. The fourth-order valence-electron chi connectivity index (χ4n) is 7.57. The largest absolute Gasteiger partial charge is 0.455 e. The van der Waals surface area contributed by atoms with Gasteiger partial charge in [-0.1, -0.05) is 118 Å². The minimum atomic E-state index is -2.19. The van der Waals surface area contributed by atoms with E-state index in [0.29, 0.717) is 5.56 Å². The molecule has 2 heterocycles. The summed E-state index contributed by atoms with van der Waals surface area (Å²) < 4.78 is 33.3. The molecule has 0 aliphatic rings. The molecule has 0 saturated heterocycles. The van der Waals surface area contributed by atoms with E-state index in [2.05, 4.69) is 135 Å². The number of aryl methyl sites for hydroxylation is 1. The fourth-order valence-corrected chi connectivity index (χ4v) is 7.57. The number of fused-ring (bicyclic) bond motifs is 7. The van der Waals surface area contributed by atoms with Gasteiger partial charge in [0.05, 0.1) is 22.3 Å². The van der Waals surface area contributed by atoms with Crippen LogP contribution in [0.1, 0.15) is 60.3 Å². The van der Waals surface area contributed by atoms with Crippen LogP contribution in [0, 0.1) is 6.85 Å². The van der Waals surface area contributed by atoms with Gasteiger partial charge in [-0.05, 0) is 105 Å². The average molecular weight is 638 g/mol. The highest BCUT2D eigenvalue weighted by Gasteiger charge is 2.25. The van der Waals surface area contributed by atoms with Crippen LogP contribution in [-0.2, 0) is 0 Å². The predicted octanol–water partition coefficient (Wildman–Crippen LogP) is 13.1. The van der Waals surface area contributed by atoms with Crippen LogP contribution in [0.3, 0.4) is 0 Å². The summed E-state index contributed by atoms with van der Waals surface area (Å²) in [7, 11) is 0. The molecule has 0 spiro atoms. The van der Waals surface area contributed by atoms with Gasteiger partial charge in [0.2, 0.25) is 0 Å². The third-order valence-electron chi connectivity index (χ3n) is 10.0. The number of furan rings is 1. The minimum absolute atomic E-state index is 0.250. The van der Waals surface area contributed by atoms with E-state index >= 15 is 0 Å². The lowest BCUT2D eigenvalue weighted by molar-refractivity contribution is 0.670. The van der Waals surface area contributed by atoms with Crippen LogP contribution in [0.25, 0.3) is 82.7 Å². The van der Waals surface area contributed by atoms with Gasteiger partial charge in [-0.3, -0.25) is 4.57 Å². The Labute approximate surface area is 290 Å². The molecule has 7 aromatic carbocycles. The summed E-state index contributed by atoms with van der Waals surface area (Å²) in [6.45, 7) is 6.89. The summed E-state index contributed by atoms with van der Waals surface area (Å²) in [5.74, 6) is 1.33. The van der Waals surface area contributed by atoms with Crippen LogP contribution < -0.4 is 0 Å². The number of aromatic nitrogens is 2. The van der Waals surface area contributed by atoms with E-state index in [1.807, 2.05) is 12.1 Å². The van der Waals surface area contributed by atoms with E-state index in [9.17, 15) is 0 Å². The standard InChI is InChI=1S/C46H38N2O/c1-27(2)36-24-33(30-12-7-6-8-13-30)25-37(28(3)4)44(36)48-42-17-10-9-16-41(42)47-46(48)35-15-11-14-34-40-23-32-21-20-31-19-18-29(5)22-38(31)39(32)26-43(40)49-45(34)35/h6-28H,1-5H3/i5D3. The molecule has 0 N–H and O–H groups in total. The van der Waals surface area contributed by atoms with Gasteiger partial charge < -0.3 is 4.42 Å². The van der Waals surface area contributed by atoms with Gasteiger partial charge in [0.25, 0.3) is 0 Å². The van der Waals surface area contributed by atoms with Crippen LogP contribution in [0.2, 0.25) is 0 Å². The van der Waals surface area contributed by atoms with Gasteiger partial charge in [0.1, 0.15) is 17.0 Å². The third kappa shape index (κ3) is 4.68. The average Bonchev–Trinajstić information content (AvgIpc) is 3.71. The number of hydrogen-bond acceptors (Lipinski definition) is 2. The molecule has 0 unspecified atom stereocenters. The Kier molecular flexibility index (Phi) is 6.01. The second-order valence-electron chi connectivity index (χ2n) is 13.8. The van der Waals surface area contributed by atoms with Crippen molar-refractivity contribution in [3.05, 3.63) is 144 Å². The van der Waals surface area contributed by atoms with Crippen LogP contribution in [0.15, 0.2) is 132 Å². The minimum Gasteiger partial charge on any atom is -0.455 e. The molecule has 0 fully saturated rings. The van der Waals surface area contributed by atoms with Gasteiger partial charge in [-0.25, -0.2) is 4.98 Å². The first kappa shape index (κ1) is 26.3. The van der Waals surface area contributed by atoms with Crippen molar-refractivity contribution in [2.75, 3.05) is 0 Å². The second kappa shape index (κ2) is 11.2. The number of nitrogens with zero attached hydrogens (tertiary/aromatic N) is 2. The van der Waals surface area contributed by atoms with E-state index in [1.165, 1.54) is 27.9 Å². The molecule has 2 aromatic heterocycles. The molecule has 0 aliphatic heterocycles. The van der Waals surface area contributed by atoms with Crippen molar-refractivity contribution in [2.24, 2.45) is 0 Å². The van der Waals surface area contributed by atoms with Crippen molar-refractivity contribution in [3.8, 4) is 28.2 Å². The maximum absolute atomic E-state index is 8.02. The number of rotatable bonds is 5. The van der Waals surface area contributed by atoms with E-state index < -0.39 is 6.85 Å². The molecule has 3 nitrogen and oxygen atoms in total. The molecule has 9 aromatic rings. The summed E-state index contributed by atoms with van der Waals surface area (Å²) >= 11 is 0. The number of benzene rings is 7. The SMILES string of the molecule is [2H]C([2H])([2H])c1ccc2ccc3cc4c(cc3c2c1)oc1c(-c2nc3ccccc3n2-c2c(C(C)C)cc(-c3ccccc3)cc2C(C)C)cccc14. The smallest absolute Gasteiger partial charge is 0.149 e. The van der Waals surface area contributed by atoms with Crippen molar-refractivity contribution < 1.29 is 8.53 Å². The molecular weight excluding hydrogens is 597 g/mol. The first-order valence-electron chi connectivity index (χ1n) is 18.6. The monoisotopic (exact) mass is 637 g/mol. The molecular formula is C46H38N2O. The molecule has 0 amide bonds. The van der Waals surface area contributed by atoms with E-state index in [1.54, 1.807) is 12.1 Å². The van der Waals surface area contributed by atoms with Crippen LogP contribution in [0.5, 0.6) is 0 Å². The molecule has 0 saturated carbocycles. The highest BCUT2D eigenvalue weighted by Crippen LogP contribution is 2.43. The maximum Gasteiger partial charge on any atom is 0.149 e. The number of hydrogen-bond donors (Lipinski definition) is 0. The van der Waals surface area contributed by atoms with Gasteiger partial charge >= 0.3 is 0 Å². The molecule has 49 heavy (non-hydrogen) atoms. The van der Waals surface area contributed by atoms with E-state index in [4.69, 9.17) is 13.5 Å². The van der Waals surface area contributed by atoms with Crippen molar-refractivity contribution >= 4 is 54.5 Å². The van der Waals surface area contributed by atoms with Crippen molar-refractivity contribution in [1.29, 1.82) is 0 Å². The Morgan fingerprint density at radius 1 is 0.612 bits per heavy atom. The Morgan fingerprint density at radius 3 is 2.10 bits per heavy atom. The Morgan fingerprint density at radius 2 is 1.33 bits per heavy atom. The quantitative estimate of drug-likeness (QED) is 0.176. The molecule has 9 rings (SSSR count). The van der Waals surface area contributed by atoms with E-state index in [0.717, 1.165) is 65.9 Å². The lowest BCUT2D eigenvalue weighted by atomic mass is 9.88. The summed E-state index contributed by atoms with van der Waals surface area (Å²) in [5, 5.41) is 5.91. The first-order chi connectivity index (χ1) is 25.1. The normalized spacial score (nSPS) is 13.3. The lowest BCUT2D eigenvalue weighted by Crippen LogP contribution is -2.09. The highest BCUT2D eigenvalue weighted by molar-refractivity contribution is 6.17. The third-order valence-corrected chi connectivity index (χ3v) is 10.0. The van der Waals surface area contributed by atoms with Crippen LogP contribution >= 0.6 is 0 Å². The Bertz CT molecular complexity index is 2810.